The van der Waals surface area contributed by atoms with E-state index in [1.807, 2.05) is 72.8 Å². The monoisotopic (exact) mass is 417 g/mol. The molecule has 4 rings (SSSR count). The molecule has 0 fully saturated rings. The number of rotatable bonds is 7. The predicted molar refractivity (Wildman–Crippen MR) is 120 cm³/mol. The van der Waals surface area contributed by atoms with Crippen molar-refractivity contribution in [3.8, 4) is 11.5 Å². The number of aromatic amines is 1. The number of ether oxygens (including phenoxy) is 1. The SMILES string of the molecule is NC(=NCc1ccccn1)c1c(Nc2ccc(Oc3ccccc3)cc2)s[nH]c1=O. The number of nitrogens with zero attached hydrogens (tertiary/aromatic N) is 2. The Bertz CT molecular complexity index is 1190. The zero-order valence-corrected chi connectivity index (χ0v) is 16.7. The highest BCUT2D eigenvalue weighted by atomic mass is 32.1. The van der Waals surface area contributed by atoms with Gasteiger partial charge in [0, 0.05) is 11.9 Å². The number of pyridine rings is 1. The molecule has 0 radical (unpaired) electrons. The van der Waals surface area contributed by atoms with Crippen LogP contribution in [0, 0.1) is 0 Å². The molecule has 2 heterocycles. The third kappa shape index (κ3) is 4.73. The number of H-pyrrole nitrogens is 1. The van der Waals surface area contributed by atoms with Gasteiger partial charge in [0.05, 0.1) is 12.2 Å². The van der Waals surface area contributed by atoms with Crippen molar-refractivity contribution >= 4 is 28.1 Å². The minimum atomic E-state index is -0.284. The molecule has 0 aliphatic carbocycles. The second-order valence-electron chi connectivity index (χ2n) is 6.32. The maximum Gasteiger partial charge on any atom is 0.271 e. The van der Waals surface area contributed by atoms with Gasteiger partial charge in [-0.2, -0.15) is 0 Å². The van der Waals surface area contributed by atoms with E-state index in [1.54, 1.807) is 6.20 Å². The van der Waals surface area contributed by atoms with Gasteiger partial charge in [0.25, 0.3) is 5.56 Å². The molecule has 150 valence electrons. The maximum absolute atomic E-state index is 12.3. The van der Waals surface area contributed by atoms with E-state index in [1.165, 1.54) is 11.5 Å². The zero-order valence-electron chi connectivity index (χ0n) is 15.9. The molecule has 4 aromatic rings. The zero-order chi connectivity index (χ0) is 20.8. The fraction of sp³-hybridized carbons (Fsp3) is 0.0455. The number of nitrogens with two attached hydrogens (primary N) is 1. The van der Waals surface area contributed by atoms with E-state index in [-0.39, 0.29) is 11.4 Å². The van der Waals surface area contributed by atoms with E-state index < -0.39 is 0 Å². The van der Waals surface area contributed by atoms with Crippen LogP contribution in [0.2, 0.25) is 0 Å². The highest BCUT2D eigenvalue weighted by Gasteiger charge is 2.15. The number of aromatic nitrogens is 2. The van der Waals surface area contributed by atoms with E-state index in [9.17, 15) is 4.79 Å². The Balaban J connectivity index is 1.48. The summed E-state index contributed by atoms with van der Waals surface area (Å²) in [6.45, 7) is 0.299. The van der Waals surface area contributed by atoms with E-state index in [2.05, 4.69) is 19.7 Å². The van der Waals surface area contributed by atoms with Crippen LogP contribution in [0.3, 0.4) is 0 Å². The van der Waals surface area contributed by atoms with Crippen LogP contribution in [-0.2, 0) is 6.54 Å². The highest BCUT2D eigenvalue weighted by molar-refractivity contribution is 7.10. The predicted octanol–water partition coefficient (Wildman–Crippen LogP) is 4.27. The molecule has 7 nitrogen and oxygen atoms in total. The molecule has 0 saturated carbocycles. The van der Waals surface area contributed by atoms with Gasteiger partial charge in [0.2, 0.25) is 0 Å². The lowest BCUT2D eigenvalue weighted by Gasteiger charge is -2.08. The molecule has 2 aromatic carbocycles. The summed E-state index contributed by atoms with van der Waals surface area (Å²) in [4.78, 5) is 20.8. The molecule has 0 aliphatic heterocycles. The molecule has 8 heteroatoms. The minimum absolute atomic E-state index is 0.162. The lowest BCUT2D eigenvalue weighted by molar-refractivity contribution is 0.483. The average Bonchev–Trinajstić information content (AvgIpc) is 3.15. The van der Waals surface area contributed by atoms with Gasteiger partial charge in [-0.3, -0.25) is 19.1 Å². The van der Waals surface area contributed by atoms with Gasteiger partial charge in [-0.05, 0) is 60.1 Å². The van der Waals surface area contributed by atoms with Gasteiger partial charge in [0.15, 0.2) is 0 Å². The molecule has 0 amide bonds. The third-order valence-electron chi connectivity index (χ3n) is 4.18. The number of nitrogens with one attached hydrogen (secondary N) is 2. The summed E-state index contributed by atoms with van der Waals surface area (Å²) in [7, 11) is 0. The molecule has 30 heavy (non-hydrogen) atoms. The van der Waals surface area contributed by atoms with Crippen LogP contribution in [0.4, 0.5) is 10.7 Å². The Hall–Kier alpha value is -3.91. The Morgan fingerprint density at radius 3 is 2.50 bits per heavy atom. The molecule has 0 aliphatic rings. The second kappa shape index (κ2) is 9.06. The topological polar surface area (TPSA) is 105 Å². The van der Waals surface area contributed by atoms with E-state index in [0.717, 1.165) is 17.1 Å². The van der Waals surface area contributed by atoms with E-state index in [4.69, 9.17) is 10.5 Å². The molecule has 0 saturated heterocycles. The van der Waals surface area contributed by atoms with Gasteiger partial charge in [-0.25, -0.2) is 0 Å². The molecular weight excluding hydrogens is 398 g/mol. The van der Waals surface area contributed by atoms with Crippen molar-refractivity contribution in [2.45, 2.75) is 6.54 Å². The van der Waals surface area contributed by atoms with Crippen LogP contribution in [0.15, 0.2) is 88.8 Å². The van der Waals surface area contributed by atoms with Gasteiger partial charge < -0.3 is 15.8 Å². The number of hydrogen-bond acceptors (Lipinski definition) is 6. The smallest absolute Gasteiger partial charge is 0.271 e. The maximum atomic E-state index is 12.3. The van der Waals surface area contributed by atoms with Crippen molar-refractivity contribution in [1.29, 1.82) is 0 Å². The second-order valence-corrected chi connectivity index (χ2v) is 7.14. The summed E-state index contributed by atoms with van der Waals surface area (Å²) < 4.78 is 8.50. The number of benzene rings is 2. The number of anilines is 2. The van der Waals surface area contributed by atoms with Crippen molar-refractivity contribution in [2.75, 3.05) is 5.32 Å². The van der Waals surface area contributed by atoms with Gasteiger partial charge in [-0.1, -0.05) is 24.3 Å². The Kier molecular flexibility index (Phi) is 5.86. The van der Waals surface area contributed by atoms with Crippen molar-refractivity contribution < 1.29 is 4.74 Å². The van der Waals surface area contributed by atoms with Gasteiger partial charge >= 0.3 is 0 Å². The summed E-state index contributed by atoms with van der Waals surface area (Å²) in [6, 6.07) is 22.6. The Morgan fingerprint density at radius 1 is 1.03 bits per heavy atom. The lowest BCUT2D eigenvalue weighted by atomic mass is 10.2. The normalized spacial score (nSPS) is 11.3. The average molecular weight is 417 g/mol. The van der Waals surface area contributed by atoms with Crippen molar-refractivity contribution in [2.24, 2.45) is 10.7 Å². The first-order valence-corrected chi connectivity index (χ1v) is 10.0. The number of amidine groups is 1. The summed E-state index contributed by atoms with van der Waals surface area (Å²) in [5.41, 5.74) is 7.71. The summed E-state index contributed by atoms with van der Waals surface area (Å²) in [5.74, 6) is 1.64. The molecule has 0 atom stereocenters. The molecule has 0 spiro atoms. The highest BCUT2D eigenvalue weighted by Crippen LogP contribution is 2.26. The first-order chi connectivity index (χ1) is 14.7. The van der Waals surface area contributed by atoms with Crippen LogP contribution in [0.25, 0.3) is 0 Å². The van der Waals surface area contributed by atoms with Crippen LogP contribution in [0.1, 0.15) is 11.3 Å². The fourth-order valence-electron chi connectivity index (χ4n) is 2.72. The molecule has 0 unspecified atom stereocenters. The summed E-state index contributed by atoms with van der Waals surface area (Å²) in [6.07, 6.45) is 1.69. The van der Waals surface area contributed by atoms with Crippen molar-refractivity contribution in [3.63, 3.8) is 0 Å². The van der Waals surface area contributed by atoms with Crippen molar-refractivity contribution in [3.05, 3.63) is 101 Å². The first kappa shape index (κ1) is 19.4. The van der Waals surface area contributed by atoms with Gasteiger partial charge in [0.1, 0.15) is 27.9 Å². The van der Waals surface area contributed by atoms with Crippen LogP contribution in [-0.4, -0.2) is 15.2 Å². The summed E-state index contributed by atoms with van der Waals surface area (Å²) in [5, 5.41) is 3.82. The Morgan fingerprint density at radius 2 is 1.77 bits per heavy atom. The van der Waals surface area contributed by atoms with E-state index >= 15 is 0 Å². The largest absolute Gasteiger partial charge is 0.457 e. The Labute approximate surface area is 177 Å². The van der Waals surface area contributed by atoms with Gasteiger partial charge in [-0.15, -0.1) is 0 Å². The fourth-order valence-corrected chi connectivity index (χ4v) is 3.49. The number of para-hydroxylation sites is 1. The quantitative estimate of drug-likeness (QED) is 0.308. The lowest BCUT2D eigenvalue weighted by Crippen LogP contribution is -2.22. The molecule has 2 aromatic heterocycles. The molecular formula is C22H19N5O2S. The summed E-state index contributed by atoms with van der Waals surface area (Å²) >= 11 is 1.17. The van der Waals surface area contributed by atoms with Crippen LogP contribution >= 0.6 is 11.5 Å². The first-order valence-electron chi connectivity index (χ1n) is 9.21. The van der Waals surface area contributed by atoms with Crippen LogP contribution in [0.5, 0.6) is 11.5 Å². The van der Waals surface area contributed by atoms with Crippen LogP contribution < -0.4 is 21.3 Å². The molecule has 4 N–H and O–H groups in total. The molecule has 0 bridgehead atoms. The van der Waals surface area contributed by atoms with Crippen molar-refractivity contribution in [1.82, 2.24) is 9.36 Å². The minimum Gasteiger partial charge on any atom is -0.457 e. The standard InChI is InChI=1S/C22H19N5O2S/c23-20(25-14-16-6-4-5-13-24-16)19-21(28)27-30-22(19)26-15-9-11-18(12-10-15)29-17-7-2-1-3-8-17/h1-13,26H,14H2,(H2,23,25)(H,27,28). The third-order valence-corrected chi connectivity index (χ3v) is 4.98. The van der Waals surface area contributed by atoms with E-state index in [0.29, 0.717) is 22.9 Å². The number of hydrogen-bond donors (Lipinski definition) is 3. The number of aliphatic imine (C=N–C) groups is 1.